The third-order valence-corrected chi connectivity index (χ3v) is 4.17. The zero-order chi connectivity index (χ0) is 14.7. The Morgan fingerprint density at radius 2 is 2.24 bits per heavy atom. The summed E-state index contributed by atoms with van der Waals surface area (Å²) in [5, 5.41) is 6.22. The second kappa shape index (κ2) is 6.26. The van der Waals surface area contributed by atoms with E-state index in [2.05, 4.69) is 10.6 Å². The molecule has 1 atom stereocenters. The smallest absolute Gasteiger partial charge is 0.228 e. The lowest BCUT2D eigenvalue weighted by molar-refractivity contribution is -0.120. The molecule has 2 fully saturated rings. The van der Waals surface area contributed by atoms with Crippen LogP contribution < -0.4 is 15.5 Å². The number of benzene rings is 1. The van der Waals surface area contributed by atoms with Crippen molar-refractivity contribution in [1.82, 2.24) is 5.32 Å². The summed E-state index contributed by atoms with van der Waals surface area (Å²) in [6, 6.07) is 7.56. The standard InChI is InChI=1S/C16H21N3O2/c20-15-7-3-9-19(15)14-6-1-5-13(10-14)18-16(21)12-4-2-8-17-11-12/h1,5-6,10,12,17H,2-4,7-9,11H2,(H,18,21)/t12-/m0/s1. The fourth-order valence-corrected chi connectivity index (χ4v) is 2.99. The number of anilines is 2. The second-order valence-corrected chi connectivity index (χ2v) is 5.73. The van der Waals surface area contributed by atoms with E-state index in [-0.39, 0.29) is 17.7 Å². The maximum atomic E-state index is 12.2. The summed E-state index contributed by atoms with van der Waals surface area (Å²) in [5.41, 5.74) is 1.64. The highest BCUT2D eigenvalue weighted by Gasteiger charge is 2.23. The molecule has 1 aromatic carbocycles. The molecular weight excluding hydrogens is 266 g/mol. The van der Waals surface area contributed by atoms with E-state index in [1.165, 1.54) is 0 Å². The van der Waals surface area contributed by atoms with Crippen LogP contribution in [0.15, 0.2) is 24.3 Å². The maximum Gasteiger partial charge on any atom is 0.228 e. The summed E-state index contributed by atoms with van der Waals surface area (Å²) in [6.45, 7) is 2.51. The lowest BCUT2D eigenvalue weighted by atomic mass is 9.99. The molecule has 21 heavy (non-hydrogen) atoms. The number of amides is 2. The fraction of sp³-hybridized carbons (Fsp3) is 0.500. The lowest BCUT2D eigenvalue weighted by Crippen LogP contribution is -2.37. The minimum atomic E-state index is 0.0378. The summed E-state index contributed by atoms with van der Waals surface area (Å²) >= 11 is 0. The van der Waals surface area contributed by atoms with Crippen LogP contribution in [0.2, 0.25) is 0 Å². The van der Waals surface area contributed by atoms with Gasteiger partial charge in [0.15, 0.2) is 0 Å². The molecule has 0 spiro atoms. The first-order valence-corrected chi connectivity index (χ1v) is 7.66. The predicted molar refractivity (Wildman–Crippen MR) is 82.3 cm³/mol. The molecule has 0 unspecified atom stereocenters. The molecule has 0 bridgehead atoms. The van der Waals surface area contributed by atoms with E-state index in [1.807, 2.05) is 24.3 Å². The van der Waals surface area contributed by atoms with Gasteiger partial charge in [0.05, 0.1) is 5.92 Å². The van der Waals surface area contributed by atoms with Crippen molar-refractivity contribution < 1.29 is 9.59 Å². The van der Waals surface area contributed by atoms with Crippen LogP contribution in [0.4, 0.5) is 11.4 Å². The Morgan fingerprint density at radius 3 is 2.95 bits per heavy atom. The van der Waals surface area contributed by atoms with Crippen molar-refractivity contribution in [2.45, 2.75) is 25.7 Å². The van der Waals surface area contributed by atoms with E-state index in [9.17, 15) is 9.59 Å². The Morgan fingerprint density at radius 1 is 1.33 bits per heavy atom. The van der Waals surface area contributed by atoms with Crippen LogP contribution >= 0.6 is 0 Å². The number of hydrogen-bond donors (Lipinski definition) is 2. The molecule has 0 saturated carbocycles. The van der Waals surface area contributed by atoms with Crippen LogP contribution in [0.5, 0.6) is 0 Å². The zero-order valence-corrected chi connectivity index (χ0v) is 12.1. The molecule has 0 aliphatic carbocycles. The number of carbonyl (C=O) groups excluding carboxylic acids is 2. The molecule has 1 aromatic rings. The number of nitrogens with one attached hydrogen (secondary N) is 2. The number of carbonyl (C=O) groups is 2. The molecular formula is C16H21N3O2. The largest absolute Gasteiger partial charge is 0.326 e. The third-order valence-electron chi connectivity index (χ3n) is 4.17. The Labute approximate surface area is 124 Å². The molecule has 2 saturated heterocycles. The second-order valence-electron chi connectivity index (χ2n) is 5.73. The third kappa shape index (κ3) is 3.24. The number of piperidine rings is 1. The van der Waals surface area contributed by atoms with Crippen molar-refractivity contribution in [1.29, 1.82) is 0 Å². The van der Waals surface area contributed by atoms with Gasteiger partial charge in [-0.3, -0.25) is 9.59 Å². The number of rotatable bonds is 3. The quantitative estimate of drug-likeness (QED) is 0.890. The molecule has 2 aliphatic heterocycles. The summed E-state index contributed by atoms with van der Waals surface area (Å²) in [7, 11) is 0. The van der Waals surface area contributed by atoms with Crippen LogP contribution in [0.3, 0.4) is 0 Å². The molecule has 2 heterocycles. The first kappa shape index (κ1) is 14.1. The molecule has 2 aliphatic rings. The van der Waals surface area contributed by atoms with Gasteiger partial charge >= 0.3 is 0 Å². The first-order valence-electron chi connectivity index (χ1n) is 7.66. The van der Waals surface area contributed by atoms with E-state index in [0.29, 0.717) is 6.42 Å². The summed E-state index contributed by atoms with van der Waals surface area (Å²) in [6.07, 6.45) is 3.50. The maximum absolute atomic E-state index is 12.2. The Kier molecular flexibility index (Phi) is 4.20. The van der Waals surface area contributed by atoms with E-state index in [0.717, 1.165) is 50.3 Å². The van der Waals surface area contributed by atoms with Crippen molar-refractivity contribution in [3.05, 3.63) is 24.3 Å². The van der Waals surface area contributed by atoms with Gasteiger partial charge in [0, 0.05) is 30.9 Å². The molecule has 0 radical (unpaired) electrons. The summed E-state index contributed by atoms with van der Waals surface area (Å²) in [4.78, 5) is 25.8. The fourth-order valence-electron chi connectivity index (χ4n) is 2.99. The molecule has 5 nitrogen and oxygen atoms in total. The van der Waals surface area contributed by atoms with Gasteiger partial charge in [0.2, 0.25) is 11.8 Å². The minimum absolute atomic E-state index is 0.0378. The highest BCUT2D eigenvalue weighted by atomic mass is 16.2. The molecule has 3 rings (SSSR count). The van der Waals surface area contributed by atoms with Crippen molar-refractivity contribution >= 4 is 23.2 Å². The average Bonchev–Trinajstić information content (AvgIpc) is 2.94. The van der Waals surface area contributed by atoms with Crippen LogP contribution in [0, 0.1) is 5.92 Å². The van der Waals surface area contributed by atoms with Gasteiger partial charge < -0.3 is 15.5 Å². The van der Waals surface area contributed by atoms with Gasteiger partial charge in [-0.25, -0.2) is 0 Å². The highest BCUT2D eigenvalue weighted by molar-refractivity contribution is 5.97. The van der Waals surface area contributed by atoms with E-state index in [4.69, 9.17) is 0 Å². The van der Waals surface area contributed by atoms with Crippen LogP contribution in [-0.4, -0.2) is 31.4 Å². The van der Waals surface area contributed by atoms with E-state index in [1.54, 1.807) is 4.90 Å². The van der Waals surface area contributed by atoms with Gasteiger partial charge in [-0.05, 0) is 44.0 Å². The first-order chi connectivity index (χ1) is 10.2. The lowest BCUT2D eigenvalue weighted by Gasteiger charge is -2.22. The molecule has 5 heteroatoms. The monoisotopic (exact) mass is 287 g/mol. The Balaban J connectivity index is 1.68. The molecule has 112 valence electrons. The summed E-state index contributed by atoms with van der Waals surface area (Å²) in [5.74, 6) is 0.262. The molecule has 0 aromatic heterocycles. The van der Waals surface area contributed by atoms with Crippen LogP contribution in [0.1, 0.15) is 25.7 Å². The summed E-state index contributed by atoms with van der Waals surface area (Å²) < 4.78 is 0. The Hall–Kier alpha value is -1.88. The average molecular weight is 287 g/mol. The SMILES string of the molecule is O=C(Nc1cccc(N2CCCC2=O)c1)[C@H]1CCCNC1. The number of hydrogen-bond acceptors (Lipinski definition) is 3. The van der Waals surface area contributed by atoms with Gasteiger partial charge in [0.25, 0.3) is 0 Å². The molecule has 2 amide bonds. The van der Waals surface area contributed by atoms with Gasteiger partial charge in [-0.15, -0.1) is 0 Å². The zero-order valence-electron chi connectivity index (χ0n) is 12.1. The van der Waals surface area contributed by atoms with Gasteiger partial charge in [-0.2, -0.15) is 0 Å². The normalized spacial score (nSPS) is 22.4. The van der Waals surface area contributed by atoms with E-state index < -0.39 is 0 Å². The van der Waals surface area contributed by atoms with E-state index >= 15 is 0 Å². The minimum Gasteiger partial charge on any atom is -0.326 e. The van der Waals surface area contributed by atoms with Crippen LogP contribution in [0.25, 0.3) is 0 Å². The number of nitrogens with zero attached hydrogens (tertiary/aromatic N) is 1. The van der Waals surface area contributed by atoms with Crippen molar-refractivity contribution in [2.75, 3.05) is 29.9 Å². The topological polar surface area (TPSA) is 61.4 Å². The predicted octanol–water partition coefficient (Wildman–Crippen LogP) is 1.75. The van der Waals surface area contributed by atoms with Gasteiger partial charge in [0.1, 0.15) is 0 Å². The van der Waals surface area contributed by atoms with Crippen molar-refractivity contribution in [2.24, 2.45) is 5.92 Å². The highest BCUT2D eigenvalue weighted by Crippen LogP contribution is 2.24. The van der Waals surface area contributed by atoms with Gasteiger partial charge in [-0.1, -0.05) is 6.07 Å². The van der Waals surface area contributed by atoms with Crippen LogP contribution in [-0.2, 0) is 9.59 Å². The van der Waals surface area contributed by atoms with Crippen molar-refractivity contribution in [3.8, 4) is 0 Å². The Bertz CT molecular complexity index is 538. The van der Waals surface area contributed by atoms with Crippen molar-refractivity contribution in [3.63, 3.8) is 0 Å². The molecule has 2 N–H and O–H groups in total.